The summed E-state index contributed by atoms with van der Waals surface area (Å²) in [4.78, 5) is 20.9. The van der Waals surface area contributed by atoms with Crippen molar-refractivity contribution in [1.82, 2.24) is 19.5 Å². The Kier molecular flexibility index (Phi) is 3.47. The minimum atomic E-state index is -0.225. The van der Waals surface area contributed by atoms with E-state index in [1.807, 2.05) is 24.6 Å². The van der Waals surface area contributed by atoms with Gasteiger partial charge in [-0.25, -0.2) is 14.3 Å². The van der Waals surface area contributed by atoms with Crippen LogP contribution in [-0.4, -0.2) is 58.4 Å². The van der Waals surface area contributed by atoms with Gasteiger partial charge < -0.3 is 14.5 Å². The second-order valence-electron chi connectivity index (χ2n) is 4.67. The van der Waals surface area contributed by atoms with Crippen LogP contribution in [-0.2, 0) is 4.74 Å². The van der Waals surface area contributed by atoms with E-state index in [2.05, 4.69) is 15.0 Å². The van der Waals surface area contributed by atoms with Gasteiger partial charge >= 0.3 is 6.09 Å². The lowest BCUT2D eigenvalue weighted by atomic mass is 10.3. The van der Waals surface area contributed by atoms with E-state index in [4.69, 9.17) is 4.74 Å². The van der Waals surface area contributed by atoms with Crippen molar-refractivity contribution in [3.8, 4) is 0 Å². The quantitative estimate of drug-likeness (QED) is 0.837. The first-order valence-corrected chi connectivity index (χ1v) is 7.48. The van der Waals surface area contributed by atoms with E-state index in [1.54, 1.807) is 16.2 Å². The van der Waals surface area contributed by atoms with Crippen LogP contribution in [0, 0.1) is 6.92 Å². The Morgan fingerprint density at radius 1 is 1.40 bits per heavy atom. The Labute approximate surface area is 120 Å². The summed E-state index contributed by atoms with van der Waals surface area (Å²) < 4.78 is 6.82. The molecule has 0 bridgehead atoms. The number of nitrogens with zero attached hydrogens (tertiary/aromatic N) is 5. The number of carbonyl (C=O) groups is 1. The van der Waals surface area contributed by atoms with E-state index in [0.29, 0.717) is 19.7 Å². The van der Waals surface area contributed by atoms with Gasteiger partial charge in [0, 0.05) is 26.2 Å². The van der Waals surface area contributed by atoms with Gasteiger partial charge in [0.05, 0.1) is 18.5 Å². The van der Waals surface area contributed by atoms with Gasteiger partial charge in [-0.1, -0.05) is 11.3 Å². The smallest absolute Gasteiger partial charge is 0.409 e. The first-order valence-electron chi connectivity index (χ1n) is 6.67. The van der Waals surface area contributed by atoms with Crippen LogP contribution < -0.4 is 4.90 Å². The maximum Gasteiger partial charge on any atom is 0.409 e. The molecule has 0 aliphatic carbocycles. The Morgan fingerprint density at radius 2 is 2.15 bits per heavy atom. The number of imidazole rings is 1. The number of ether oxygens (including phenoxy) is 1. The summed E-state index contributed by atoms with van der Waals surface area (Å²) in [5, 5.41) is 5.48. The number of carbonyl (C=O) groups excluding carboxylic acids is 1. The van der Waals surface area contributed by atoms with Gasteiger partial charge in [-0.15, -0.1) is 5.10 Å². The molecular weight excluding hydrogens is 278 g/mol. The number of rotatable bonds is 2. The highest BCUT2D eigenvalue weighted by Crippen LogP contribution is 2.24. The first kappa shape index (κ1) is 13.2. The molecule has 3 heterocycles. The Bertz CT molecular complexity index is 583. The van der Waals surface area contributed by atoms with Gasteiger partial charge in [-0.3, -0.25) is 0 Å². The fourth-order valence-electron chi connectivity index (χ4n) is 2.22. The summed E-state index contributed by atoms with van der Waals surface area (Å²) in [6.07, 6.45) is 1.70. The summed E-state index contributed by atoms with van der Waals surface area (Å²) in [5.74, 6) is 0. The molecule has 2 aromatic heterocycles. The van der Waals surface area contributed by atoms with E-state index in [0.717, 1.165) is 28.9 Å². The predicted molar refractivity (Wildman–Crippen MR) is 76.4 cm³/mol. The molecule has 0 unspecified atom stereocenters. The summed E-state index contributed by atoms with van der Waals surface area (Å²) in [6.45, 7) is 7.07. The summed E-state index contributed by atoms with van der Waals surface area (Å²) in [6, 6.07) is 0. The zero-order valence-corrected chi connectivity index (χ0v) is 12.4. The van der Waals surface area contributed by atoms with Crippen molar-refractivity contribution >= 4 is 27.5 Å². The Morgan fingerprint density at radius 3 is 2.80 bits per heavy atom. The Hall–Kier alpha value is -1.83. The second-order valence-corrected chi connectivity index (χ2v) is 5.60. The summed E-state index contributed by atoms with van der Waals surface area (Å²) >= 11 is 1.58. The van der Waals surface area contributed by atoms with Crippen LogP contribution in [0.15, 0.2) is 6.20 Å². The van der Waals surface area contributed by atoms with Crippen molar-refractivity contribution in [1.29, 1.82) is 0 Å². The average Bonchev–Trinajstić information content (AvgIpc) is 2.96. The SMILES string of the molecule is CCOC(=O)N1CCN(c2nn3cc(C)nc3s2)CC1. The molecule has 7 nitrogen and oxygen atoms in total. The normalized spacial score (nSPS) is 15.9. The van der Waals surface area contributed by atoms with Crippen molar-refractivity contribution in [3.05, 3.63) is 11.9 Å². The number of aromatic nitrogens is 3. The zero-order chi connectivity index (χ0) is 14.1. The lowest BCUT2D eigenvalue weighted by Crippen LogP contribution is -2.49. The number of piperazine rings is 1. The molecule has 1 aliphatic rings. The molecule has 1 amide bonds. The van der Waals surface area contributed by atoms with Gasteiger partial charge in [0.1, 0.15) is 0 Å². The van der Waals surface area contributed by atoms with E-state index < -0.39 is 0 Å². The highest BCUT2D eigenvalue weighted by Gasteiger charge is 2.24. The lowest BCUT2D eigenvalue weighted by Gasteiger charge is -2.33. The maximum atomic E-state index is 11.6. The van der Waals surface area contributed by atoms with Gasteiger partial charge in [0.15, 0.2) is 0 Å². The third-order valence-corrected chi connectivity index (χ3v) is 4.21. The molecule has 0 aromatic carbocycles. The second kappa shape index (κ2) is 5.28. The molecule has 1 fully saturated rings. The predicted octanol–water partition coefficient (Wildman–Crippen LogP) is 1.38. The van der Waals surface area contributed by atoms with E-state index >= 15 is 0 Å². The van der Waals surface area contributed by atoms with Crippen LogP contribution in [0.25, 0.3) is 4.96 Å². The first-order chi connectivity index (χ1) is 9.67. The van der Waals surface area contributed by atoms with Crippen LogP contribution in [0.4, 0.5) is 9.93 Å². The molecule has 8 heteroatoms. The van der Waals surface area contributed by atoms with Gasteiger partial charge in [-0.05, 0) is 13.8 Å². The van der Waals surface area contributed by atoms with Crippen LogP contribution in [0.5, 0.6) is 0 Å². The monoisotopic (exact) mass is 295 g/mol. The highest BCUT2D eigenvalue weighted by molar-refractivity contribution is 7.20. The van der Waals surface area contributed by atoms with Crippen LogP contribution >= 0.6 is 11.3 Å². The number of hydrogen-bond donors (Lipinski definition) is 0. The summed E-state index contributed by atoms with van der Waals surface area (Å²) in [7, 11) is 0. The maximum absolute atomic E-state index is 11.6. The van der Waals surface area contributed by atoms with Crippen molar-refractivity contribution in [2.24, 2.45) is 0 Å². The molecule has 20 heavy (non-hydrogen) atoms. The molecule has 3 rings (SSSR count). The van der Waals surface area contributed by atoms with Crippen molar-refractivity contribution in [2.45, 2.75) is 13.8 Å². The molecular formula is C12H17N5O2S. The fraction of sp³-hybridized carbons (Fsp3) is 0.583. The van der Waals surface area contributed by atoms with E-state index in [9.17, 15) is 4.79 Å². The third kappa shape index (κ3) is 2.43. The lowest BCUT2D eigenvalue weighted by molar-refractivity contribution is 0.105. The zero-order valence-electron chi connectivity index (χ0n) is 11.6. The number of fused-ring (bicyclic) bond motifs is 1. The van der Waals surface area contributed by atoms with Crippen molar-refractivity contribution < 1.29 is 9.53 Å². The largest absolute Gasteiger partial charge is 0.450 e. The molecule has 108 valence electrons. The minimum absolute atomic E-state index is 0.225. The molecule has 0 atom stereocenters. The molecule has 0 radical (unpaired) electrons. The van der Waals surface area contributed by atoms with Crippen LogP contribution in [0.2, 0.25) is 0 Å². The number of hydrogen-bond acceptors (Lipinski definition) is 6. The number of aryl methyl sites for hydroxylation is 1. The molecule has 0 saturated carbocycles. The number of anilines is 1. The van der Waals surface area contributed by atoms with Crippen molar-refractivity contribution in [3.63, 3.8) is 0 Å². The molecule has 0 N–H and O–H groups in total. The molecule has 0 spiro atoms. The van der Waals surface area contributed by atoms with Gasteiger partial charge in [0.25, 0.3) is 0 Å². The van der Waals surface area contributed by atoms with E-state index in [1.165, 1.54) is 0 Å². The fourth-order valence-corrected chi connectivity index (χ4v) is 3.20. The Balaban J connectivity index is 1.65. The van der Waals surface area contributed by atoms with Gasteiger partial charge in [0.2, 0.25) is 10.1 Å². The van der Waals surface area contributed by atoms with Crippen LogP contribution in [0.1, 0.15) is 12.6 Å². The van der Waals surface area contributed by atoms with Crippen molar-refractivity contribution in [2.75, 3.05) is 37.7 Å². The third-order valence-electron chi connectivity index (χ3n) is 3.23. The molecule has 1 aliphatic heterocycles. The van der Waals surface area contributed by atoms with E-state index in [-0.39, 0.29) is 6.09 Å². The average molecular weight is 295 g/mol. The molecule has 1 saturated heterocycles. The topological polar surface area (TPSA) is 63.0 Å². The minimum Gasteiger partial charge on any atom is -0.450 e. The number of amides is 1. The van der Waals surface area contributed by atoms with Gasteiger partial charge in [-0.2, -0.15) is 0 Å². The standard InChI is InChI=1S/C12H17N5O2S/c1-3-19-12(18)16-6-4-15(5-7-16)11-14-17-8-9(2)13-10(17)20-11/h8H,3-7H2,1-2H3. The highest BCUT2D eigenvalue weighted by atomic mass is 32.1. The summed E-state index contributed by atoms with van der Waals surface area (Å²) in [5.41, 5.74) is 0.974. The molecule has 2 aromatic rings. The van der Waals surface area contributed by atoms with Crippen LogP contribution in [0.3, 0.4) is 0 Å².